The first-order valence-corrected chi connectivity index (χ1v) is 6.29. The molecule has 0 N–H and O–H groups in total. The van der Waals surface area contributed by atoms with E-state index in [0.717, 1.165) is 17.4 Å². The predicted molar refractivity (Wildman–Crippen MR) is 66.2 cm³/mol. The Balaban J connectivity index is 2.16. The van der Waals surface area contributed by atoms with Gasteiger partial charge >= 0.3 is 0 Å². The quantitative estimate of drug-likeness (QED) is 0.794. The summed E-state index contributed by atoms with van der Waals surface area (Å²) in [5, 5.41) is 0. The molecule has 1 aliphatic heterocycles. The third kappa shape index (κ3) is 2.26. The van der Waals surface area contributed by atoms with E-state index in [1.807, 2.05) is 11.0 Å². The van der Waals surface area contributed by atoms with Gasteiger partial charge in [0.2, 0.25) is 0 Å². The van der Waals surface area contributed by atoms with Crippen molar-refractivity contribution in [3.63, 3.8) is 0 Å². The number of rotatable bonds is 1. The van der Waals surface area contributed by atoms with Crippen molar-refractivity contribution in [2.45, 2.75) is 26.3 Å². The second kappa shape index (κ2) is 4.53. The van der Waals surface area contributed by atoms with Crippen molar-refractivity contribution in [3.8, 4) is 0 Å². The molecule has 2 atom stereocenters. The summed E-state index contributed by atoms with van der Waals surface area (Å²) in [6, 6.07) is 3.94. The molecular weight excluding hydrogens is 268 g/mol. The number of aromatic nitrogens is 1. The number of nitrogens with zero attached hydrogens (tertiary/aromatic N) is 2. The van der Waals surface area contributed by atoms with Gasteiger partial charge < -0.3 is 4.90 Å². The summed E-state index contributed by atoms with van der Waals surface area (Å²) in [6.07, 6.45) is 2.75. The number of halogens is 1. The van der Waals surface area contributed by atoms with Crippen molar-refractivity contribution < 1.29 is 4.79 Å². The molecule has 2 rings (SSSR count). The molecule has 1 aromatic rings. The molecule has 0 aliphatic carbocycles. The highest BCUT2D eigenvalue weighted by atomic mass is 79.9. The van der Waals surface area contributed by atoms with Crippen LogP contribution < -0.4 is 0 Å². The van der Waals surface area contributed by atoms with Gasteiger partial charge in [0.15, 0.2) is 0 Å². The van der Waals surface area contributed by atoms with Gasteiger partial charge in [-0.1, -0.05) is 6.92 Å². The van der Waals surface area contributed by atoms with E-state index in [0.29, 0.717) is 17.7 Å². The molecule has 1 amide bonds. The molecule has 16 heavy (non-hydrogen) atoms. The molecule has 3 nitrogen and oxygen atoms in total. The van der Waals surface area contributed by atoms with Crippen molar-refractivity contribution in [2.75, 3.05) is 6.54 Å². The summed E-state index contributed by atoms with van der Waals surface area (Å²) in [4.78, 5) is 18.2. The number of hydrogen-bond acceptors (Lipinski definition) is 2. The van der Waals surface area contributed by atoms with Gasteiger partial charge in [-0.25, -0.2) is 4.98 Å². The fourth-order valence-electron chi connectivity index (χ4n) is 2.23. The number of pyridine rings is 1. The Morgan fingerprint density at radius 1 is 1.50 bits per heavy atom. The van der Waals surface area contributed by atoms with Crippen LogP contribution in [0.1, 0.15) is 30.8 Å². The maximum absolute atomic E-state index is 12.2. The Kier molecular flexibility index (Phi) is 3.28. The van der Waals surface area contributed by atoms with E-state index in [-0.39, 0.29) is 5.91 Å². The number of amides is 1. The van der Waals surface area contributed by atoms with Gasteiger partial charge in [-0.2, -0.15) is 0 Å². The summed E-state index contributed by atoms with van der Waals surface area (Å²) in [5.41, 5.74) is 0.532. The Bertz CT molecular complexity index is 391. The van der Waals surface area contributed by atoms with E-state index in [1.54, 1.807) is 12.3 Å². The van der Waals surface area contributed by atoms with E-state index in [1.165, 1.54) is 0 Å². The Morgan fingerprint density at radius 2 is 2.25 bits per heavy atom. The summed E-state index contributed by atoms with van der Waals surface area (Å²) in [5.74, 6) is 0.638. The van der Waals surface area contributed by atoms with Crippen LogP contribution in [0.4, 0.5) is 0 Å². The van der Waals surface area contributed by atoms with Crippen molar-refractivity contribution >= 4 is 21.8 Å². The molecule has 0 spiro atoms. The maximum Gasteiger partial charge on any atom is 0.272 e. The predicted octanol–water partition coefficient (Wildman–Crippen LogP) is 2.71. The molecule has 86 valence electrons. The van der Waals surface area contributed by atoms with Crippen LogP contribution in [0, 0.1) is 5.92 Å². The molecule has 0 aromatic carbocycles. The molecule has 0 saturated carbocycles. The second-order valence-corrected chi connectivity index (χ2v) is 5.42. The van der Waals surface area contributed by atoms with Crippen molar-refractivity contribution in [3.05, 3.63) is 28.5 Å². The molecule has 1 saturated heterocycles. The SMILES string of the molecule is CC1CC(C)N(C(=O)c2ccc(Br)cn2)C1. The number of likely N-dealkylation sites (tertiary alicyclic amines) is 1. The first-order chi connectivity index (χ1) is 7.58. The molecule has 2 unspecified atom stereocenters. The minimum Gasteiger partial charge on any atom is -0.334 e. The van der Waals surface area contributed by atoms with Crippen molar-refractivity contribution in [2.24, 2.45) is 5.92 Å². The largest absolute Gasteiger partial charge is 0.334 e. The van der Waals surface area contributed by atoms with Gasteiger partial charge in [0.25, 0.3) is 5.91 Å². The summed E-state index contributed by atoms with van der Waals surface area (Å²) in [6.45, 7) is 5.12. The molecule has 2 heterocycles. The zero-order chi connectivity index (χ0) is 11.7. The van der Waals surface area contributed by atoms with Crippen LogP contribution in [0.2, 0.25) is 0 Å². The Hall–Kier alpha value is -0.900. The summed E-state index contributed by atoms with van der Waals surface area (Å²) < 4.78 is 0.895. The molecule has 0 radical (unpaired) electrons. The standard InChI is InChI=1S/C12H15BrN2O/c1-8-5-9(2)15(7-8)12(16)11-4-3-10(13)6-14-11/h3-4,6,8-9H,5,7H2,1-2H3. The molecule has 1 aromatic heterocycles. The number of carbonyl (C=O) groups excluding carboxylic acids is 1. The second-order valence-electron chi connectivity index (χ2n) is 4.51. The monoisotopic (exact) mass is 282 g/mol. The van der Waals surface area contributed by atoms with E-state index in [2.05, 4.69) is 34.8 Å². The van der Waals surface area contributed by atoms with Crippen LogP contribution in [0.5, 0.6) is 0 Å². The van der Waals surface area contributed by atoms with Gasteiger partial charge in [-0.05, 0) is 47.3 Å². The first kappa shape index (κ1) is 11.6. The van der Waals surface area contributed by atoms with Crippen LogP contribution in [-0.2, 0) is 0 Å². The number of hydrogen-bond donors (Lipinski definition) is 0. The lowest BCUT2D eigenvalue weighted by Gasteiger charge is -2.20. The average Bonchev–Trinajstić information content (AvgIpc) is 2.58. The Labute approximate surface area is 104 Å². The van der Waals surface area contributed by atoms with Crippen LogP contribution in [0.3, 0.4) is 0 Å². The minimum absolute atomic E-state index is 0.0457. The van der Waals surface area contributed by atoms with E-state index < -0.39 is 0 Å². The lowest BCUT2D eigenvalue weighted by molar-refractivity contribution is 0.0738. The first-order valence-electron chi connectivity index (χ1n) is 5.50. The summed E-state index contributed by atoms with van der Waals surface area (Å²) >= 11 is 3.31. The molecule has 0 bridgehead atoms. The van der Waals surface area contributed by atoms with Crippen molar-refractivity contribution in [1.82, 2.24) is 9.88 Å². The highest BCUT2D eigenvalue weighted by molar-refractivity contribution is 9.10. The van der Waals surface area contributed by atoms with E-state index in [4.69, 9.17) is 0 Å². The van der Waals surface area contributed by atoms with Gasteiger partial charge in [0.1, 0.15) is 5.69 Å². The fourth-order valence-corrected chi connectivity index (χ4v) is 2.47. The lowest BCUT2D eigenvalue weighted by atomic mass is 10.1. The van der Waals surface area contributed by atoms with Crippen LogP contribution in [0.25, 0.3) is 0 Å². The lowest BCUT2D eigenvalue weighted by Crippen LogP contribution is -2.34. The van der Waals surface area contributed by atoms with Gasteiger partial charge in [-0.15, -0.1) is 0 Å². The minimum atomic E-state index is 0.0457. The maximum atomic E-state index is 12.2. The van der Waals surface area contributed by atoms with Gasteiger partial charge in [-0.3, -0.25) is 4.79 Å². The van der Waals surface area contributed by atoms with Crippen LogP contribution in [0.15, 0.2) is 22.8 Å². The third-order valence-electron chi connectivity index (χ3n) is 2.99. The van der Waals surface area contributed by atoms with E-state index in [9.17, 15) is 4.79 Å². The zero-order valence-corrected chi connectivity index (χ0v) is 11.1. The topological polar surface area (TPSA) is 33.2 Å². The highest BCUT2D eigenvalue weighted by Gasteiger charge is 2.30. The normalized spacial score (nSPS) is 24.8. The average molecular weight is 283 g/mol. The molecule has 1 aliphatic rings. The fraction of sp³-hybridized carbons (Fsp3) is 0.500. The van der Waals surface area contributed by atoms with Crippen LogP contribution in [-0.4, -0.2) is 28.4 Å². The van der Waals surface area contributed by atoms with Crippen molar-refractivity contribution in [1.29, 1.82) is 0 Å². The number of carbonyl (C=O) groups is 1. The highest BCUT2D eigenvalue weighted by Crippen LogP contribution is 2.23. The Morgan fingerprint density at radius 3 is 2.75 bits per heavy atom. The third-order valence-corrected chi connectivity index (χ3v) is 3.46. The van der Waals surface area contributed by atoms with Gasteiger partial charge in [0, 0.05) is 23.3 Å². The molecule has 1 fully saturated rings. The smallest absolute Gasteiger partial charge is 0.272 e. The molecule has 4 heteroatoms. The zero-order valence-electron chi connectivity index (χ0n) is 9.48. The van der Waals surface area contributed by atoms with E-state index >= 15 is 0 Å². The summed E-state index contributed by atoms with van der Waals surface area (Å²) in [7, 11) is 0. The van der Waals surface area contributed by atoms with Gasteiger partial charge in [0.05, 0.1) is 0 Å². The van der Waals surface area contributed by atoms with Crippen LogP contribution >= 0.6 is 15.9 Å². The molecular formula is C12H15BrN2O.